The largest absolute Gasteiger partial charge is 0.438 e. The highest BCUT2D eigenvalue weighted by Gasteiger charge is 2.23. The summed E-state index contributed by atoms with van der Waals surface area (Å²) in [6.45, 7) is 1.79. The summed E-state index contributed by atoms with van der Waals surface area (Å²) < 4.78 is 32.1. The lowest BCUT2D eigenvalue weighted by molar-refractivity contribution is 0.450. The summed E-state index contributed by atoms with van der Waals surface area (Å²) in [6, 6.07) is 3.48. The van der Waals surface area contributed by atoms with Crippen LogP contribution in [0.4, 0.5) is 8.78 Å². The van der Waals surface area contributed by atoms with E-state index < -0.39 is 11.6 Å². The van der Waals surface area contributed by atoms with Gasteiger partial charge in [-0.1, -0.05) is 0 Å². The molecular weight excluding hydrogens is 306 g/mol. The summed E-state index contributed by atoms with van der Waals surface area (Å²) in [5.41, 5.74) is 1.23. The third kappa shape index (κ3) is 2.14. The third-order valence-corrected chi connectivity index (χ3v) is 4.93. The van der Waals surface area contributed by atoms with Crippen molar-refractivity contribution in [2.24, 2.45) is 0 Å². The highest BCUT2D eigenvalue weighted by atomic mass is 32.1. The maximum absolute atomic E-state index is 13.3. The van der Waals surface area contributed by atoms with Crippen molar-refractivity contribution in [3.8, 4) is 11.6 Å². The number of halogens is 2. The predicted octanol–water partition coefficient (Wildman–Crippen LogP) is 4.56. The van der Waals surface area contributed by atoms with E-state index in [2.05, 4.69) is 9.97 Å². The van der Waals surface area contributed by atoms with Crippen LogP contribution in [-0.4, -0.2) is 9.97 Å². The van der Waals surface area contributed by atoms with Crippen LogP contribution in [0, 0.1) is 18.6 Å². The number of aryl methyl sites for hydroxylation is 3. The average molecular weight is 318 g/mol. The van der Waals surface area contributed by atoms with Crippen molar-refractivity contribution in [1.29, 1.82) is 0 Å². The molecule has 0 spiro atoms. The summed E-state index contributed by atoms with van der Waals surface area (Å²) in [5.74, 6) is -0.572. The highest BCUT2D eigenvalue weighted by Crippen LogP contribution is 2.41. The summed E-state index contributed by atoms with van der Waals surface area (Å²) in [7, 11) is 0. The van der Waals surface area contributed by atoms with Crippen LogP contribution in [0.3, 0.4) is 0 Å². The van der Waals surface area contributed by atoms with Gasteiger partial charge in [0.1, 0.15) is 16.4 Å². The van der Waals surface area contributed by atoms with Crippen LogP contribution < -0.4 is 4.74 Å². The van der Waals surface area contributed by atoms with E-state index in [-0.39, 0.29) is 5.75 Å². The number of rotatable bonds is 2. The van der Waals surface area contributed by atoms with E-state index in [1.165, 1.54) is 16.5 Å². The molecule has 6 heteroatoms. The van der Waals surface area contributed by atoms with Crippen LogP contribution >= 0.6 is 11.3 Å². The van der Waals surface area contributed by atoms with Gasteiger partial charge in [0.25, 0.3) is 0 Å². The number of hydrogen-bond acceptors (Lipinski definition) is 4. The first-order valence-corrected chi connectivity index (χ1v) is 7.85. The van der Waals surface area contributed by atoms with E-state index in [4.69, 9.17) is 4.74 Å². The first-order valence-electron chi connectivity index (χ1n) is 7.03. The molecule has 0 radical (unpaired) electrons. The molecular formula is C16H12F2N2OS. The molecule has 0 N–H and O–H groups in total. The van der Waals surface area contributed by atoms with Gasteiger partial charge in [0.2, 0.25) is 5.88 Å². The lowest BCUT2D eigenvalue weighted by atomic mass is 10.2. The molecule has 0 aliphatic heterocycles. The van der Waals surface area contributed by atoms with Crippen LogP contribution in [-0.2, 0) is 12.8 Å². The average Bonchev–Trinajstić information content (AvgIpc) is 3.02. The van der Waals surface area contributed by atoms with Crippen molar-refractivity contribution in [2.45, 2.75) is 26.2 Å². The summed E-state index contributed by atoms with van der Waals surface area (Å²) in [5, 5.41) is 0.910. The van der Waals surface area contributed by atoms with Gasteiger partial charge in [-0.25, -0.2) is 13.8 Å². The highest BCUT2D eigenvalue weighted by molar-refractivity contribution is 7.19. The zero-order valence-electron chi connectivity index (χ0n) is 11.8. The van der Waals surface area contributed by atoms with Gasteiger partial charge >= 0.3 is 0 Å². The molecule has 0 bridgehead atoms. The SMILES string of the molecule is Cc1nc(Oc2ccc(F)c(F)c2)c2c3c(sc2n1)CCC3. The molecule has 2 aromatic heterocycles. The van der Waals surface area contributed by atoms with Gasteiger partial charge < -0.3 is 4.74 Å². The Morgan fingerprint density at radius 3 is 2.82 bits per heavy atom. The minimum Gasteiger partial charge on any atom is -0.438 e. The molecule has 0 saturated carbocycles. The van der Waals surface area contributed by atoms with E-state index >= 15 is 0 Å². The number of nitrogens with zero attached hydrogens (tertiary/aromatic N) is 2. The quantitative estimate of drug-likeness (QED) is 0.695. The zero-order valence-corrected chi connectivity index (χ0v) is 12.6. The first kappa shape index (κ1) is 13.6. The van der Waals surface area contributed by atoms with E-state index in [9.17, 15) is 8.78 Å². The molecule has 4 rings (SSSR count). The van der Waals surface area contributed by atoms with Crippen molar-refractivity contribution >= 4 is 21.6 Å². The standard InChI is InChI=1S/C16H12F2N2OS/c1-8-19-15(21-9-5-6-11(17)12(18)7-9)14-10-3-2-4-13(10)22-16(14)20-8/h5-7H,2-4H2,1H3. The van der Waals surface area contributed by atoms with Gasteiger partial charge in [0, 0.05) is 10.9 Å². The monoisotopic (exact) mass is 318 g/mol. The number of ether oxygens (including phenoxy) is 1. The maximum atomic E-state index is 13.3. The lowest BCUT2D eigenvalue weighted by Gasteiger charge is -2.08. The Bertz CT molecular complexity index is 891. The normalized spacial score (nSPS) is 13.6. The third-order valence-electron chi connectivity index (χ3n) is 3.75. The number of benzene rings is 1. The lowest BCUT2D eigenvalue weighted by Crippen LogP contribution is -1.96. The van der Waals surface area contributed by atoms with Crippen LogP contribution in [0.15, 0.2) is 18.2 Å². The Hall–Kier alpha value is -2.08. The van der Waals surface area contributed by atoms with Crippen molar-refractivity contribution in [1.82, 2.24) is 9.97 Å². The molecule has 3 aromatic rings. The Morgan fingerprint density at radius 1 is 1.14 bits per heavy atom. The fraction of sp³-hybridized carbons (Fsp3) is 0.250. The maximum Gasteiger partial charge on any atom is 0.231 e. The number of hydrogen-bond donors (Lipinski definition) is 0. The van der Waals surface area contributed by atoms with Crippen LogP contribution in [0.25, 0.3) is 10.2 Å². The molecule has 1 aliphatic carbocycles. The van der Waals surface area contributed by atoms with E-state index in [0.29, 0.717) is 11.7 Å². The smallest absolute Gasteiger partial charge is 0.231 e. The molecule has 2 heterocycles. The Labute approximate surface area is 129 Å². The fourth-order valence-electron chi connectivity index (χ4n) is 2.79. The molecule has 0 saturated heterocycles. The predicted molar refractivity (Wildman–Crippen MR) is 80.6 cm³/mol. The molecule has 0 fully saturated rings. The molecule has 0 amide bonds. The number of fused-ring (bicyclic) bond motifs is 3. The van der Waals surface area contributed by atoms with Crippen LogP contribution in [0.1, 0.15) is 22.7 Å². The summed E-state index contributed by atoms with van der Waals surface area (Å²) in [4.78, 5) is 11.0. The van der Waals surface area contributed by atoms with E-state index in [0.717, 1.165) is 41.6 Å². The molecule has 112 valence electrons. The Kier molecular flexibility index (Phi) is 3.07. The van der Waals surface area contributed by atoms with Gasteiger partial charge in [0.05, 0.1) is 5.39 Å². The summed E-state index contributed by atoms with van der Waals surface area (Å²) >= 11 is 1.67. The van der Waals surface area contributed by atoms with Gasteiger partial charge in [-0.05, 0) is 43.9 Å². The number of thiophene rings is 1. The first-order chi connectivity index (χ1) is 10.6. The zero-order chi connectivity index (χ0) is 15.3. The second-order valence-corrected chi connectivity index (χ2v) is 6.38. The second-order valence-electron chi connectivity index (χ2n) is 5.29. The fourth-order valence-corrected chi connectivity index (χ4v) is 4.09. The molecule has 3 nitrogen and oxygen atoms in total. The Balaban J connectivity index is 1.85. The van der Waals surface area contributed by atoms with E-state index in [1.54, 1.807) is 18.3 Å². The summed E-state index contributed by atoms with van der Waals surface area (Å²) in [6.07, 6.45) is 3.16. The minimum absolute atomic E-state index is 0.233. The van der Waals surface area contributed by atoms with Crippen molar-refractivity contribution in [3.05, 3.63) is 46.1 Å². The van der Waals surface area contributed by atoms with Crippen LogP contribution in [0.5, 0.6) is 11.6 Å². The van der Waals surface area contributed by atoms with Crippen LogP contribution in [0.2, 0.25) is 0 Å². The van der Waals surface area contributed by atoms with Crippen molar-refractivity contribution < 1.29 is 13.5 Å². The molecule has 1 aromatic carbocycles. The molecule has 0 atom stereocenters. The minimum atomic E-state index is -0.935. The van der Waals surface area contributed by atoms with Gasteiger partial charge in [0.15, 0.2) is 11.6 Å². The molecule has 0 unspecified atom stereocenters. The van der Waals surface area contributed by atoms with Crippen molar-refractivity contribution in [2.75, 3.05) is 0 Å². The second kappa shape index (κ2) is 4.98. The molecule has 22 heavy (non-hydrogen) atoms. The van der Waals surface area contributed by atoms with Gasteiger partial charge in [-0.2, -0.15) is 4.98 Å². The van der Waals surface area contributed by atoms with E-state index in [1.807, 2.05) is 0 Å². The van der Waals surface area contributed by atoms with Crippen molar-refractivity contribution in [3.63, 3.8) is 0 Å². The van der Waals surface area contributed by atoms with Gasteiger partial charge in [-0.3, -0.25) is 0 Å². The number of aromatic nitrogens is 2. The van der Waals surface area contributed by atoms with Gasteiger partial charge in [-0.15, -0.1) is 11.3 Å². The topological polar surface area (TPSA) is 35.0 Å². The molecule has 1 aliphatic rings. The Morgan fingerprint density at radius 2 is 2.00 bits per heavy atom.